The van der Waals surface area contributed by atoms with Gasteiger partial charge in [-0.05, 0) is 6.07 Å². The number of aliphatic hydroxyl groups is 3. The van der Waals surface area contributed by atoms with Gasteiger partial charge in [-0.15, -0.1) is 0 Å². The topological polar surface area (TPSA) is 302 Å². The fourth-order valence-electron chi connectivity index (χ4n) is 2.01. The van der Waals surface area contributed by atoms with Gasteiger partial charge < -0.3 is 50.3 Å². The molecular weight excluding hydrogens is 483 g/mol. The molecule has 0 amide bonds. The molecule has 18 nitrogen and oxygen atoms in total. The molecule has 1 saturated heterocycles. The third-order valence-corrected chi connectivity index (χ3v) is 6.41. The number of aromatic nitrogens is 2. The first-order chi connectivity index (χ1) is 13.5. The summed E-state index contributed by atoms with van der Waals surface area (Å²) in [7, 11) is -16.2. The summed E-state index contributed by atoms with van der Waals surface area (Å²) in [6, 6.07) is 1.37. The quantitative estimate of drug-likeness (QED) is 0.173. The van der Waals surface area contributed by atoms with E-state index in [9.17, 15) is 28.7 Å². The number of nitrogens with zero attached hydrogens (tertiary/aromatic N) is 2. The number of rotatable bonds is 6. The van der Waals surface area contributed by atoms with E-state index in [4.69, 9.17) is 40.0 Å². The van der Waals surface area contributed by atoms with Crippen LogP contribution >= 0.6 is 23.5 Å². The lowest BCUT2D eigenvalue weighted by atomic mass is 10.1. The van der Waals surface area contributed by atoms with E-state index in [0.29, 0.717) is 0 Å². The molecule has 0 saturated carbocycles. The molecule has 174 valence electrons. The average Bonchev–Trinajstić information content (AvgIpc) is 2.79. The van der Waals surface area contributed by atoms with Gasteiger partial charge in [0.2, 0.25) is 0 Å². The molecule has 2 rings (SSSR count). The third kappa shape index (κ3) is 8.58. The monoisotopic (exact) mass is 501 g/mol. The molecule has 1 aliphatic rings. The Bertz CT molecular complexity index is 897. The molecule has 1 fully saturated rings. The van der Waals surface area contributed by atoms with Crippen LogP contribution in [0.25, 0.3) is 0 Å². The van der Waals surface area contributed by atoms with E-state index in [1.54, 1.807) is 0 Å². The van der Waals surface area contributed by atoms with Gasteiger partial charge in [-0.2, -0.15) is 13.6 Å². The lowest BCUT2D eigenvalue weighted by Gasteiger charge is -2.16. The smallest absolute Gasteiger partial charge is 0.394 e. The van der Waals surface area contributed by atoms with Gasteiger partial charge >= 0.3 is 29.2 Å². The minimum Gasteiger partial charge on any atom is -0.394 e. The van der Waals surface area contributed by atoms with Gasteiger partial charge in [-0.25, -0.2) is 18.5 Å². The van der Waals surface area contributed by atoms with E-state index in [1.807, 2.05) is 0 Å². The van der Waals surface area contributed by atoms with E-state index < -0.39 is 60.3 Å². The zero-order valence-electron chi connectivity index (χ0n) is 14.4. The summed E-state index contributed by atoms with van der Waals surface area (Å²) in [5.41, 5.74) is 4.63. The van der Waals surface area contributed by atoms with Crippen molar-refractivity contribution in [3.8, 4) is 0 Å². The van der Waals surface area contributed by atoms with Crippen LogP contribution in [0.15, 0.2) is 17.1 Å². The van der Waals surface area contributed by atoms with Gasteiger partial charge in [0.25, 0.3) is 0 Å². The first-order valence-electron chi connectivity index (χ1n) is 7.29. The number of aliphatic hydroxyl groups excluding tert-OH is 3. The van der Waals surface area contributed by atoms with Crippen LogP contribution in [0.2, 0.25) is 0 Å². The zero-order chi connectivity index (χ0) is 23.5. The molecule has 0 spiro atoms. The maximum Gasteiger partial charge on any atom is 0.490 e. The number of anilines is 1. The molecular formula is C9H18N3O15P3. The fourth-order valence-corrected chi connectivity index (χ4v) is 4.55. The Morgan fingerprint density at radius 3 is 1.93 bits per heavy atom. The van der Waals surface area contributed by atoms with Crippen molar-refractivity contribution < 1.29 is 66.8 Å². The van der Waals surface area contributed by atoms with Gasteiger partial charge in [0, 0.05) is 6.20 Å². The van der Waals surface area contributed by atoms with Crippen molar-refractivity contribution in [2.75, 3.05) is 12.3 Å². The van der Waals surface area contributed by atoms with E-state index in [0.717, 1.165) is 4.57 Å². The molecule has 10 N–H and O–H groups in total. The highest BCUT2D eigenvalue weighted by atomic mass is 31.3. The standard InChI is InChI=1S/C9H13N3O5.H5O10P3/c10-5-1-2-12(9(16)11-5)8-7(15)6(14)4(3-13)17-8;1-11(2,3)9-13(7,8)10-12(4,5)6/h1-2,4,6-8,13-15H,3H2,(H2,10,11,16);(H,7,8)(H2,1,2,3)(H2,4,5,6)/t4-,6-,7-,8-;/m1./s1. The van der Waals surface area contributed by atoms with Crippen molar-refractivity contribution >= 4 is 29.3 Å². The minimum absolute atomic E-state index is 0.0537. The highest BCUT2D eigenvalue weighted by molar-refractivity contribution is 7.66. The van der Waals surface area contributed by atoms with Crippen LogP contribution in [0.3, 0.4) is 0 Å². The number of hydrogen-bond donors (Lipinski definition) is 9. The van der Waals surface area contributed by atoms with Crippen molar-refractivity contribution in [2.45, 2.75) is 24.5 Å². The van der Waals surface area contributed by atoms with Crippen molar-refractivity contribution in [1.82, 2.24) is 9.55 Å². The second-order valence-corrected chi connectivity index (χ2v) is 9.59. The Morgan fingerprint density at radius 1 is 1.07 bits per heavy atom. The predicted octanol–water partition coefficient (Wildman–Crippen LogP) is -3.26. The molecule has 2 heterocycles. The van der Waals surface area contributed by atoms with E-state index in [2.05, 4.69) is 13.6 Å². The second kappa shape index (κ2) is 10.0. The van der Waals surface area contributed by atoms with Crippen LogP contribution < -0.4 is 11.4 Å². The summed E-state index contributed by atoms with van der Waals surface area (Å²) >= 11 is 0. The SMILES string of the molecule is Nc1ccn([C@@H]2O[C@H](CO)[C@@H](O)[C@H]2O)c(=O)n1.O=P(O)(O)OP(=O)(O)OP(=O)(O)O. The molecule has 0 unspecified atom stereocenters. The molecule has 0 aromatic carbocycles. The van der Waals surface area contributed by atoms with Gasteiger partial charge in [0.05, 0.1) is 6.61 Å². The molecule has 1 aliphatic heterocycles. The molecule has 21 heteroatoms. The van der Waals surface area contributed by atoms with Crippen molar-refractivity contribution in [1.29, 1.82) is 0 Å². The number of hydrogen-bond acceptors (Lipinski definition) is 12. The van der Waals surface area contributed by atoms with Crippen LogP contribution in [-0.2, 0) is 27.1 Å². The molecule has 0 bridgehead atoms. The van der Waals surface area contributed by atoms with E-state index >= 15 is 0 Å². The molecule has 1 aromatic rings. The Morgan fingerprint density at radius 2 is 1.57 bits per heavy atom. The van der Waals surface area contributed by atoms with E-state index in [1.165, 1.54) is 12.3 Å². The molecule has 0 aliphatic carbocycles. The number of nitrogens with two attached hydrogens (primary N) is 1. The van der Waals surface area contributed by atoms with Crippen LogP contribution in [-0.4, -0.2) is 74.3 Å². The highest BCUT2D eigenvalue weighted by Gasteiger charge is 2.43. The number of ether oxygens (including phenoxy) is 1. The summed E-state index contributed by atoms with van der Waals surface area (Å²) in [4.78, 5) is 55.2. The zero-order valence-corrected chi connectivity index (χ0v) is 17.1. The highest BCUT2D eigenvalue weighted by Crippen LogP contribution is 2.64. The van der Waals surface area contributed by atoms with Crippen LogP contribution in [0.1, 0.15) is 6.23 Å². The van der Waals surface area contributed by atoms with Crippen molar-refractivity contribution in [3.05, 3.63) is 22.7 Å². The Labute approximate surface area is 166 Å². The minimum atomic E-state index is -5.46. The Hall–Kier alpha value is -1.07. The van der Waals surface area contributed by atoms with Gasteiger partial charge in [-0.3, -0.25) is 4.57 Å². The maximum absolute atomic E-state index is 11.5. The van der Waals surface area contributed by atoms with Gasteiger partial charge in [0.1, 0.15) is 24.1 Å². The lowest BCUT2D eigenvalue weighted by molar-refractivity contribution is -0.0549. The average molecular weight is 501 g/mol. The lowest BCUT2D eigenvalue weighted by Crippen LogP contribution is -2.36. The van der Waals surface area contributed by atoms with Gasteiger partial charge in [-0.1, -0.05) is 0 Å². The van der Waals surface area contributed by atoms with Crippen molar-refractivity contribution in [3.63, 3.8) is 0 Å². The fraction of sp³-hybridized carbons (Fsp3) is 0.556. The molecule has 4 atom stereocenters. The summed E-state index contributed by atoms with van der Waals surface area (Å²) in [5.74, 6) is 0.0537. The summed E-state index contributed by atoms with van der Waals surface area (Å²) in [6.07, 6.45) is -3.27. The Kier molecular flexibility index (Phi) is 9.02. The summed E-state index contributed by atoms with van der Waals surface area (Å²) in [5, 5.41) is 28.2. The van der Waals surface area contributed by atoms with Gasteiger partial charge in [0.15, 0.2) is 6.23 Å². The van der Waals surface area contributed by atoms with E-state index in [-0.39, 0.29) is 5.82 Å². The summed E-state index contributed by atoms with van der Waals surface area (Å²) in [6.45, 7) is -0.453. The van der Waals surface area contributed by atoms with Crippen LogP contribution in [0.4, 0.5) is 5.82 Å². The van der Waals surface area contributed by atoms with Crippen LogP contribution in [0.5, 0.6) is 0 Å². The summed E-state index contributed by atoms with van der Waals surface area (Å²) < 4.78 is 42.6. The first-order valence-corrected chi connectivity index (χ1v) is 11.8. The molecule has 0 radical (unpaired) electrons. The number of nitrogen functional groups attached to an aromatic ring is 1. The first kappa shape index (κ1) is 27.0. The molecule has 1 aromatic heterocycles. The number of phosphoric acid groups is 3. The predicted molar refractivity (Wildman–Crippen MR) is 92.0 cm³/mol. The third-order valence-electron chi connectivity index (χ3n) is 3.06. The normalized spacial score (nSPS) is 24.9. The maximum atomic E-state index is 11.5. The Balaban J connectivity index is 0.000000314. The second-order valence-electron chi connectivity index (χ2n) is 5.38. The van der Waals surface area contributed by atoms with Crippen LogP contribution in [0, 0.1) is 0 Å². The van der Waals surface area contributed by atoms with Crippen molar-refractivity contribution in [2.24, 2.45) is 0 Å². The molecule has 30 heavy (non-hydrogen) atoms. The largest absolute Gasteiger partial charge is 0.490 e.